The molecule has 27 heavy (non-hydrogen) atoms. The Balaban J connectivity index is 1.85. The number of pyridine rings is 1. The molecule has 0 amide bonds. The van der Waals surface area contributed by atoms with Crippen molar-refractivity contribution in [3.8, 4) is 11.4 Å². The number of likely N-dealkylation sites (tertiary alicyclic amines) is 1. The number of nitrogens with one attached hydrogen (secondary N) is 1. The van der Waals surface area contributed by atoms with Gasteiger partial charge in [0.1, 0.15) is 5.82 Å². The Bertz CT molecular complexity index is 743. The van der Waals surface area contributed by atoms with Crippen molar-refractivity contribution in [3.05, 3.63) is 36.3 Å². The first-order valence-corrected chi connectivity index (χ1v) is 9.19. The van der Waals surface area contributed by atoms with Crippen molar-refractivity contribution in [2.45, 2.75) is 38.9 Å². The largest absolute Gasteiger partial charge is 0.433 e. The Labute approximate surface area is 157 Å². The summed E-state index contributed by atoms with van der Waals surface area (Å²) in [6.07, 6.45) is 0.818. The molecule has 2 aromatic rings. The minimum absolute atomic E-state index is 0.0389. The highest BCUT2D eigenvalue weighted by Gasteiger charge is 2.34. The Morgan fingerprint density at radius 3 is 2.37 bits per heavy atom. The maximum atomic E-state index is 13.3. The first-order chi connectivity index (χ1) is 12.8. The van der Waals surface area contributed by atoms with Gasteiger partial charge in [0.05, 0.1) is 0 Å². The Morgan fingerprint density at radius 2 is 1.78 bits per heavy atom. The van der Waals surface area contributed by atoms with E-state index in [0.29, 0.717) is 18.0 Å². The molecule has 1 N–H and O–H groups in total. The summed E-state index contributed by atoms with van der Waals surface area (Å²) in [6.45, 7) is 6.87. The summed E-state index contributed by atoms with van der Waals surface area (Å²) in [7, 11) is 0. The fourth-order valence-electron chi connectivity index (χ4n) is 3.38. The molecule has 1 aliphatic heterocycles. The number of halogens is 3. The quantitative estimate of drug-likeness (QED) is 0.819. The van der Waals surface area contributed by atoms with Crippen molar-refractivity contribution in [1.29, 1.82) is 0 Å². The molecule has 0 spiro atoms. The number of alkyl halides is 3. The molecule has 146 valence electrons. The summed E-state index contributed by atoms with van der Waals surface area (Å²) < 4.78 is 39.9. The van der Waals surface area contributed by atoms with Crippen LogP contribution in [0.5, 0.6) is 0 Å². The number of hydrogen-bond donors (Lipinski definition) is 1. The summed E-state index contributed by atoms with van der Waals surface area (Å²) in [5, 5.41) is 3.12. The molecular formula is C19H24F3N5. The molecule has 1 fully saturated rings. The standard InChI is InChI=1S/C19H24F3N5/c1-13(2)15(27-9-3-4-10-27)12-24-17-11-16(19(20,21)22)25-18(26-17)14-5-7-23-8-6-14/h5-8,11,13,15H,3-4,9-10,12H2,1-2H3,(H,24,25,26). The van der Waals surface area contributed by atoms with E-state index in [-0.39, 0.29) is 17.7 Å². The lowest BCUT2D eigenvalue weighted by Gasteiger charge is -2.31. The van der Waals surface area contributed by atoms with Crippen LogP contribution in [0, 0.1) is 5.92 Å². The highest BCUT2D eigenvalue weighted by atomic mass is 19.4. The second-order valence-electron chi connectivity index (χ2n) is 7.13. The van der Waals surface area contributed by atoms with Gasteiger partial charge in [-0.05, 0) is 44.0 Å². The second kappa shape index (κ2) is 8.21. The van der Waals surface area contributed by atoms with E-state index in [1.54, 1.807) is 12.1 Å². The Morgan fingerprint density at radius 1 is 1.11 bits per heavy atom. The van der Waals surface area contributed by atoms with Gasteiger partial charge < -0.3 is 5.32 Å². The van der Waals surface area contributed by atoms with Crippen molar-refractivity contribution in [2.75, 3.05) is 25.0 Å². The predicted octanol–water partition coefficient (Wildman–Crippen LogP) is 4.09. The SMILES string of the molecule is CC(C)C(CNc1cc(C(F)(F)F)nc(-c2ccncc2)n1)N1CCCC1. The lowest BCUT2D eigenvalue weighted by molar-refractivity contribution is -0.141. The van der Waals surface area contributed by atoms with Gasteiger partial charge in [-0.1, -0.05) is 13.8 Å². The number of nitrogens with zero attached hydrogens (tertiary/aromatic N) is 4. The molecule has 1 atom stereocenters. The summed E-state index contributed by atoms with van der Waals surface area (Å²) in [5.41, 5.74) is -0.451. The molecule has 0 aromatic carbocycles. The van der Waals surface area contributed by atoms with Crippen LogP contribution in [-0.4, -0.2) is 45.5 Å². The van der Waals surface area contributed by atoms with Crippen LogP contribution in [0.3, 0.4) is 0 Å². The number of aromatic nitrogens is 3. The molecule has 0 aliphatic carbocycles. The normalized spacial score (nSPS) is 16.7. The van der Waals surface area contributed by atoms with Gasteiger partial charge in [-0.15, -0.1) is 0 Å². The smallest absolute Gasteiger partial charge is 0.368 e. The van der Waals surface area contributed by atoms with Crippen LogP contribution in [0.2, 0.25) is 0 Å². The molecule has 1 unspecified atom stereocenters. The second-order valence-corrected chi connectivity index (χ2v) is 7.13. The molecule has 3 rings (SSSR count). The molecule has 0 bridgehead atoms. The van der Waals surface area contributed by atoms with Crippen LogP contribution in [-0.2, 0) is 6.18 Å². The van der Waals surface area contributed by atoms with E-state index in [4.69, 9.17) is 0 Å². The minimum atomic E-state index is -4.53. The minimum Gasteiger partial charge on any atom is -0.368 e. The number of anilines is 1. The van der Waals surface area contributed by atoms with E-state index in [1.807, 2.05) is 0 Å². The first kappa shape index (κ1) is 19.5. The van der Waals surface area contributed by atoms with Crippen molar-refractivity contribution in [1.82, 2.24) is 19.9 Å². The van der Waals surface area contributed by atoms with E-state index >= 15 is 0 Å². The zero-order valence-electron chi connectivity index (χ0n) is 15.5. The van der Waals surface area contributed by atoms with Gasteiger partial charge >= 0.3 is 6.18 Å². The summed E-state index contributed by atoms with van der Waals surface area (Å²) in [4.78, 5) is 14.3. The maximum absolute atomic E-state index is 13.3. The van der Waals surface area contributed by atoms with Crippen LogP contribution >= 0.6 is 0 Å². The predicted molar refractivity (Wildman–Crippen MR) is 98.2 cm³/mol. The highest BCUT2D eigenvalue weighted by molar-refractivity contribution is 5.57. The van der Waals surface area contributed by atoms with Gasteiger partial charge in [0, 0.05) is 36.6 Å². The molecule has 0 radical (unpaired) electrons. The Hall–Kier alpha value is -2.22. The molecule has 0 saturated carbocycles. The lowest BCUT2D eigenvalue weighted by Crippen LogP contribution is -2.42. The van der Waals surface area contributed by atoms with Gasteiger partial charge in [0.15, 0.2) is 11.5 Å². The first-order valence-electron chi connectivity index (χ1n) is 9.19. The zero-order valence-corrected chi connectivity index (χ0v) is 15.5. The van der Waals surface area contributed by atoms with Gasteiger partial charge in [0.2, 0.25) is 0 Å². The van der Waals surface area contributed by atoms with Crippen molar-refractivity contribution < 1.29 is 13.2 Å². The van der Waals surface area contributed by atoms with Crippen LogP contribution in [0.1, 0.15) is 32.4 Å². The maximum Gasteiger partial charge on any atom is 0.433 e. The highest BCUT2D eigenvalue weighted by Crippen LogP contribution is 2.31. The van der Waals surface area contributed by atoms with Gasteiger partial charge in [-0.2, -0.15) is 13.2 Å². The van der Waals surface area contributed by atoms with E-state index in [1.165, 1.54) is 25.2 Å². The van der Waals surface area contributed by atoms with Crippen LogP contribution in [0.4, 0.5) is 19.0 Å². The van der Waals surface area contributed by atoms with Crippen molar-refractivity contribution in [3.63, 3.8) is 0 Å². The van der Waals surface area contributed by atoms with Gasteiger partial charge in [0.25, 0.3) is 0 Å². The van der Waals surface area contributed by atoms with Crippen LogP contribution in [0.25, 0.3) is 11.4 Å². The van der Waals surface area contributed by atoms with Crippen molar-refractivity contribution >= 4 is 5.82 Å². The third kappa shape index (κ3) is 4.94. The monoisotopic (exact) mass is 379 g/mol. The summed E-state index contributed by atoms with van der Waals surface area (Å²) in [6, 6.07) is 4.42. The van der Waals surface area contributed by atoms with Crippen molar-refractivity contribution in [2.24, 2.45) is 5.92 Å². The summed E-state index contributed by atoms with van der Waals surface area (Å²) >= 11 is 0. The van der Waals surface area contributed by atoms with Crippen LogP contribution < -0.4 is 5.32 Å². The fourth-order valence-corrected chi connectivity index (χ4v) is 3.38. The van der Waals surface area contributed by atoms with E-state index in [9.17, 15) is 13.2 Å². The average Bonchev–Trinajstić information content (AvgIpc) is 3.16. The lowest BCUT2D eigenvalue weighted by atomic mass is 10.0. The molecule has 8 heteroatoms. The molecule has 3 heterocycles. The molecular weight excluding hydrogens is 355 g/mol. The van der Waals surface area contributed by atoms with E-state index in [0.717, 1.165) is 19.2 Å². The number of rotatable bonds is 6. The third-order valence-electron chi connectivity index (χ3n) is 4.83. The molecule has 5 nitrogen and oxygen atoms in total. The third-order valence-corrected chi connectivity index (χ3v) is 4.83. The molecule has 1 saturated heterocycles. The van der Waals surface area contributed by atoms with E-state index in [2.05, 4.69) is 39.0 Å². The summed E-state index contributed by atoms with van der Waals surface area (Å²) in [5.74, 6) is 0.616. The average molecular weight is 379 g/mol. The number of hydrogen-bond acceptors (Lipinski definition) is 5. The topological polar surface area (TPSA) is 53.9 Å². The molecule has 1 aliphatic rings. The van der Waals surface area contributed by atoms with E-state index < -0.39 is 11.9 Å². The fraction of sp³-hybridized carbons (Fsp3) is 0.526. The Kier molecular flexibility index (Phi) is 5.94. The van der Waals surface area contributed by atoms with Gasteiger partial charge in [-0.3, -0.25) is 9.88 Å². The van der Waals surface area contributed by atoms with Crippen LogP contribution in [0.15, 0.2) is 30.6 Å². The zero-order chi connectivity index (χ0) is 19.4. The van der Waals surface area contributed by atoms with Gasteiger partial charge in [-0.25, -0.2) is 9.97 Å². The molecule has 2 aromatic heterocycles.